The van der Waals surface area contributed by atoms with Crippen molar-refractivity contribution in [2.45, 2.75) is 130 Å². The van der Waals surface area contributed by atoms with E-state index in [-0.39, 0.29) is 0 Å². The zero-order chi connectivity index (χ0) is 37.0. The van der Waals surface area contributed by atoms with Crippen molar-refractivity contribution in [3.63, 3.8) is 0 Å². The zero-order valence-electron chi connectivity index (χ0n) is 27.3. The summed E-state index contributed by atoms with van der Waals surface area (Å²) in [7, 11) is 2.38. The molecule has 292 valence electrons. The smallest absolute Gasteiger partial charge is 0.303 e. The first-order valence-corrected chi connectivity index (χ1v) is 15.8. The lowest BCUT2D eigenvalue weighted by molar-refractivity contribution is -0.381. The van der Waals surface area contributed by atoms with Crippen molar-refractivity contribution in [1.82, 2.24) is 0 Å². The second kappa shape index (κ2) is 18.1. The third kappa shape index (κ3) is 8.72. The number of carbonyl (C=O) groups is 1. The normalized spacial score (nSPS) is 48.7. The molecule has 0 aromatic heterocycles. The van der Waals surface area contributed by atoms with Gasteiger partial charge in [-0.05, 0) is 0 Å². The number of esters is 1. The highest BCUT2D eigenvalue weighted by atomic mass is 16.8. The van der Waals surface area contributed by atoms with Crippen molar-refractivity contribution in [3.8, 4) is 0 Å². The lowest BCUT2D eigenvalue weighted by Gasteiger charge is -2.48. The summed E-state index contributed by atoms with van der Waals surface area (Å²) in [6.45, 7) is -1.84. The number of hydrogen-bond acceptors (Lipinski definition) is 22. The number of methoxy groups -OCH3 is 2. The Hall–Kier alpha value is -1.33. The predicted octanol–water partition coefficient (Wildman–Crippen LogP) is -7.87. The molecule has 4 saturated heterocycles. The van der Waals surface area contributed by atoms with Gasteiger partial charge in [0.15, 0.2) is 31.3 Å². The van der Waals surface area contributed by atoms with E-state index < -0.39 is 155 Å². The first-order chi connectivity index (χ1) is 23.7. The number of ether oxygens (including phenoxy) is 10. The molecule has 22 heteroatoms. The Labute approximate surface area is 285 Å². The van der Waals surface area contributed by atoms with Crippen LogP contribution in [-0.2, 0) is 52.2 Å². The van der Waals surface area contributed by atoms with Crippen LogP contribution in [-0.4, -0.2) is 226 Å². The summed E-state index contributed by atoms with van der Waals surface area (Å²) < 4.78 is 54.7. The van der Waals surface area contributed by atoms with Gasteiger partial charge in [0.05, 0.1) is 26.4 Å². The lowest BCUT2D eigenvalue weighted by atomic mass is 9.96. The number of aliphatic hydroxyl groups is 11. The average Bonchev–Trinajstić information content (AvgIpc) is 3.10. The van der Waals surface area contributed by atoms with E-state index in [1.54, 1.807) is 0 Å². The fourth-order valence-electron chi connectivity index (χ4n) is 6.21. The van der Waals surface area contributed by atoms with Crippen molar-refractivity contribution in [1.29, 1.82) is 0 Å². The highest BCUT2D eigenvalue weighted by molar-refractivity contribution is 5.66. The van der Waals surface area contributed by atoms with Crippen LogP contribution in [0.5, 0.6) is 0 Å². The van der Waals surface area contributed by atoms with Crippen LogP contribution >= 0.6 is 0 Å². The second-order valence-electron chi connectivity index (χ2n) is 12.2. The minimum atomic E-state index is -1.99. The Bertz CT molecular complexity index is 1050. The largest absolute Gasteiger partial charge is 0.457 e. The number of aliphatic hydroxyl groups excluding tert-OH is 11. The lowest BCUT2D eigenvalue weighted by Crippen LogP contribution is -2.67. The summed E-state index contributed by atoms with van der Waals surface area (Å²) in [5, 5.41) is 114. The van der Waals surface area contributed by atoms with Crippen LogP contribution in [0.25, 0.3) is 0 Å². The molecule has 0 radical (unpaired) electrons. The van der Waals surface area contributed by atoms with E-state index in [0.29, 0.717) is 0 Å². The van der Waals surface area contributed by atoms with Crippen molar-refractivity contribution in [2.75, 3.05) is 40.6 Å². The molecule has 4 heterocycles. The van der Waals surface area contributed by atoms with Gasteiger partial charge in [-0.15, -0.1) is 0 Å². The van der Waals surface area contributed by atoms with Gasteiger partial charge < -0.3 is 104 Å². The Kier molecular flexibility index (Phi) is 15.0. The molecule has 22 nitrogen and oxygen atoms in total. The minimum absolute atomic E-state index is 0.550. The summed E-state index contributed by atoms with van der Waals surface area (Å²) >= 11 is 0. The standard InChI is InChI=1S/C28H48O22/c1-8(32)44-24-20(40)25(42-3)46-11(6-31)23(24)50-27-19(39)16(36)22(10(5-30)47-27)49-28-18(38)15(35)21(41-2)12(48-28)7-43-26-17(37)14(34)13(33)9(4-29)45-26/h9-31,33-40H,4-7H2,1-3H3/t9?,10?,11?,12?,13-,14+,15-,16-,17?,18?,19?,20?,21+,22+,23+,24-,25-,26-,27+,28+/m0/s1. The summed E-state index contributed by atoms with van der Waals surface area (Å²) in [6.07, 6.45) is -32.2. The van der Waals surface area contributed by atoms with Crippen molar-refractivity contribution >= 4 is 5.97 Å². The summed E-state index contributed by atoms with van der Waals surface area (Å²) in [6, 6.07) is 0. The molecule has 4 fully saturated rings. The van der Waals surface area contributed by atoms with E-state index in [4.69, 9.17) is 47.4 Å². The molecule has 11 N–H and O–H groups in total. The van der Waals surface area contributed by atoms with E-state index in [1.807, 2.05) is 0 Å². The Morgan fingerprint density at radius 1 is 0.500 bits per heavy atom. The Balaban J connectivity index is 1.47. The average molecular weight is 737 g/mol. The summed E-state index contributed by atoms with van der Waals surface area (Å²) in [5.41, 5.74) is 0. The molecule has 20 atom stereocenters. The van der Waals surface area contributed by atoms with Crippen LogP contribution in [0.4, 0.5) is 0 Å². The maximum atomic E-state index is 11.8. The quantitative estimate of drug-likeness (QED) is 0.0782. The monoisotopic (exact) mass is 736 g/mol. The van der Waals surface area contributed by atoms with Crippen molar-refractivity contribution in [3.05, 3.63) is 0 Å². The van der Waals surface area contributed by atoms with E-state index in [2.05, 4.69) is 0 Å². The van der Waals surface area contributed by atoms with Crippen LogP contribution in [0.1, 0.15) is 6.92 Å². The van der Waals surface area contributed by atoms with Gasteiger partial charge in [0.25, 0.3) is 0 Å². The number of hydrogen-bond donors (Lipinski definition) is 11. The first kappa shape index (κ1) is 41.4. The zero-order valence-corrected chi connectivity index (χ0v) is 27.3. The molecule has 0 bridgehead atoms. The minimum Gasteiger partial charge on any atom is -0.457 e. The molecule has 4 rings (SSSR count). The molecule has 4 aliphatic rings. The topological polar surface area (TPSA) is 332 Å². The second-order valence-corrected chi connectivity index (χ2v) is 12.2. The molecule has 0 aromatic carbocycles. The van der Waals surface area contributed by atoms with Gasteiger partial charge in [0, 0.05) is 21.1 Å². The third-order valence-corrected chi connectivity index (χ3v) is 8.92. The molecule has 0 spiro atoms. The van der Waals surface area contributed by atoms with Crippen LogP contribution < -0.4 is 0 Å². The van der Waals surface area contributed by atoms with E-state index in [0.717, 1.165) is 6.92 Å². The molecular formula is C28H48O22. The fraction of sp³-hybridized carbons (Fsp3) is 0.964. The SMILES string of the molecule is CO[C@H]1OC(CO)[C@@H](O[C@H]2OC(CO)[C@@H](O[C@H]3OC(CO[C@H]4OC(CO)[C@H](O)[C@@H](O)C4O)[C@@H](OC)[C@@H](O)C3O)[C@@H](O)C2O)[C@@H](OC(C)=O)C1O. The van der Waals surface area contributed by atoms with Gasteiger partial charge in [-0.1, -0.05) is 0 Å². The summed E-state index contributed by atoms with van der Waals surface area (Å²) in [4.78, 5) is 11.8. The van der Waals surface area contributed by atoms with Crippen LogP contribution in [0.15, 0.2) is 0 Å². The molecule has 8 unspecified atom stereocenters. The van der Waals surface area contributed by atoms with Crippen LogP contribution in [0.2, 0.25) is 0 Å². The molecule has 0 saturated carbocycles. The van der Waals surface area contributed by atoms with E-state index >= 15 is 0 Å². The Morgan fingerprint density at radius 2 is 0.980 bits per heavy atom. The van der Waals surface area contributed by atoms with Gasteiger partial charge >= 0.3 is 5.97 Å². The van der Waals surface area contributed by atoms with Gasteiger partial charge in [0.2, 0.25) is 0 Å². The van der Waals surface area contributed by atoms with Gasteiger partial charge in [-0.25, -0.2) is 0 Å². The molecule has 4 aliphatic heterocycles. The van der Waals surface area contributed by atoms with Crippen molar-refractivity contribution in [2.24, 2.45) is 0 Å². The van der Waals surface area contributed by atoms with Gasteiger partial charge in [-0.3, -0.25) is 4.79 Å². The highest BCUT2D eigenvalue weighted by Crippen LogP contribution is 2.34. The molecule has 0 aromatic rings. The molecular weight excluding hydrogens is 688 g/mol. The number of carbonyl (C=O) groups excluding carboxylic acids is 1. The predicted molar refractivity (Wildman–Crippen MR) is 153 cm³/mol. The fourth-order valence-corrected chi connectivity index (χ4v) is 6.21. The van der Waals surface area contributed by atoms with Crippen LogP contribution in [0.3, 0.4) is 0 Å². The third-order valence-electron chi connectivity index (χ3n) is 8.92. The van der Waals surface area contributed by atoms with E-state index in [9.17, 15) is 61.0 Å². The van der Waals surface area contributed by atoms with Gasteiger partial charge in [-0.2, -0.15) is 0 Å². The van der Waals surface area contributed by atoms with Crippen LogP contribution in [0, 0.1) is 0 Å². The van der Waals surface area contributed by atoms with Gasteiger partial charge in [0.1, 0.15) is 91.6 Å². The molecule has 0 amide bonds. The highest BCUT2D eigenvalue weighted by Gasteiger charge is 2.55. The molecule has 0 aliphatic carbocycles. The molecule has 50 heavy (non-hydrogen) atoms. The Morgan fingerprint density at radius 3 is 1.52 bits per heavy atom. The van der Waals surface area contributed by atoms with E-state index in [1.165, 1.54) is 14.2 Å². The maximum Gasteiger partial charge on any atom is 0.303 e. The summed E-state index contributed by atoms with van der Waals surface area (Å²) in [5.74, 6) is -0.844. The number of rotatable bonds is 13. The first-order valence-electron chi connectivity index (χ1n) is 15.8. The maximum absolute atomic E-state index is 11.8. The van der Waals surface area contributed by atoms with Crippen molar-refractivity contribution < 1.29 is 108 Å².